The molecule has 0 bridgehead atoms. The van der Waals surface area contributed by atoms with Gasteiger partial charge in [0.25, 0.3) is 5.52 Å². The zero-order valence-electron chi connectivity index (χ0n) is 49.4. The second kappa shape index (κ2) is 27.0. The molecule has 0 aliphatic carbocycles. The Morgan fingerprint density at radius 2 is 1.63 bits per heavy atom. The number of aryl methyl sites for hydroxylation is 3. The van der Waals surface area contributed by atoms with Gasteiger partial charge >= 0.3 is 7.60 Å². The molecule has 4 aromatic carbocycles. The third-order valence-electron chi connectivity index (χ3n) is 16.6. The Kier molecular flexibility index (Phi) is 19.8. The Balaban J connectivity index is 0.766. The van der Waals surface area contributed by atoms with Gasteiger partial charge in [-0.2, -0.15) is 0 Å². The fourth-order valence-electron chi connectivity index (χ4n) is 11.9. The van der Waals surface area contributed by atoms with Crippen molar-refractivity contribution in [2.45, 2.75) is 155 Å². The topological polar surface area (TPSA) is 321 Å². The lowest BCUT2D eigenvalue weighted by atomic mass is 9.85. The number of nitrogens with two attached hydrogens (primary N) is 1. The quantitative estimate of drug-likeness (QED) is 0.0161. The standard InChI is InChI=1S/C64H75N8O13PS/c1-36-57(87-35-67-36)41-19-17-39(18-20-41)33-66-59(77)51-32-46(73)34-71(51)62(80)58(64(3,4)5)70-55(76)16-8-6-7-11-38-12-9-15-47(27-38)85-37(2)48(25-26-54(65)75)69-60(78)52-30-42-14-10-13-40-21-22-43(61(79)72(52)56(40)42)31-53(74)50-29-45-28-44(23-24-49(45)68-50)63(81)86(82,83)84/h9-10,12-15,17-20,23-24,27-29,35,37,43,46,48,51-52,58,68,73H,6-8,11,16,21-22,25-26,30-34H2,1-5H3,(H2,65,75)(H,66,77)(H,69,78)(H,70,76)(H2,82,83,84)/t37-,43-,46-,48+,51+,52+,58-/m1/s1. The predicted molar refractivity (Wildman–Crippen MR) is 328 cm³/mol. The SMILES string of the molecule is Cc1ncsc1-c1ccc(CNC(=O)[C@@H]2C[C@@H](O)CN2C(=O)[C@@H](NC(=O)CCCCCc2cccc(O[C@H](C)[C@H](CCC(N)=O)NC(=O)[C@@H]3Cc4cccc5c4N3C(=O)[C@@H](CC(=O)c3cc4cc(C(=O)P(=O)(O)O)ccc4[nH]3)CC5)c2)C(C)(C)C)cc1. The third-order valence-corrected chi connectivity index (χ3v) is 18.3. The van der Waals surface area contributed by atoms with Crippen LogP contribution in [-0.2, 0) is 59.1 Å². The summed E-state index contributed by atoms with van der Waals surface area (Å²) in [6, 6.07) is 22.9. The number of anilines is 1. The Hall–Kier alpha value is -7.88. The monoisotopic (exact) mass is 1230 g/mol. The normalized spacial score (nSPS) is 18.6. The number of rotatable bonds is 25. The average molecular weight is 1230 g/mol. The van der Waals surface area contributed by atoms with Crippen LogP contribution in [-0.4, -0.2) is 119 Å². The minimum atomic E-state index is -5.05. The number of Topliss-reactive ketones (excluding diaryl/α,β-unsaturated/α-hetero) is 1. The van der Waals surface area contributed by atoms with E-state index in [1.54, 1.807) is 29.8 Å². The zero-order valence-corrected chi connectivity index (χ0v) is 51.1. The Morgan fingerprint density at radius 1 is 0.885 bits per heavy atom. The molecule has 6 aromatic rings. The molecule has 9 N–H and O–H groups in total. The summed E-state index contributed by atoms with van der Waals surface area (Å²) < 4.78 is 18.1. The molecule has 21 nitrogen and oxygen atoms in total. The summed E-state index contributed by atoms with van der Waals surface area (Å²) in [5.41, 5.74) is 11.9. The number of β-amino-alcohol motifs (C(OH)–C–C–N with tert-alkyl or cyclic N) is 1. The summed E-state index contributed by atoms with van der Waals surface area (Å²) in [4.78, 5) is 139. The number of hydrogen-bond acceptors (Lipinski definition) is 13. The number of H-pyrrole nitrogens is 1. The molecule has 0 radical (unpaired) electrons. The van der Waals surface area contributed by atoms with Gasteiger partial charge in [0.2, 0.25) is 35.4 Å². The van der Waals surface area contributed by atoms with E-state index in [-0.39, 0.29) is 74.7 Å². The molecule has 6 amide bonds. The van der Waals surface area contributed by atoms with Gasteiger partial charge in [0.15, 0.2) is 5.78 Å². The molecule has 3 aliphatic rings. The summed E-state index contributed by atoms with van der Waals surface area (Å²) in [5.74, 6) is -3.26. The lowest BCUT2D eigenvalue weighted by molar-refractivity contribution is -0.144. The van der Waals surface area contributed by atoms with E-state index in [9.17, 15) is 57.8 Å². The van der Waals surface area contributed by atoms with E-state index in [1.807, 2.05) is 88.4 Å². The maximum absolute atomic E-state index is 14.7. The molecular formula is C64H75N8O13PS. The summed E-state index contributed by atoms with van der Waals surface area (Å²) in [6.07, 6.45) is 2.17. The van der Waals surface area contributed by atoms with E-state index >= 15 is 0 Å². The summed E-state index contributed by atoms with van der Waals surface area (Å²) in [7, 11) is -5.05. The van der Waals surface area contributed by atoms with Gasteiger partial charge in [-0.25, -0.2) is 4.98 Å². The van der Waals surface area contributed by atoms with Gasteiger partial charge in [0, 0.05) is 67.6 Å². The number of ketones is 1. The number of benzene rings is 4. The number of aliphatic hydroxyl groups is 1. The highest BCUT2D eigenvalue weighted by atomic mass is 32.1. The van der Waals surface area contributed by atoms with Crippen molar-refractivity contribution < 1.29 is 62.6 Å². The van der Waals surface area contributed by atoms with Crippen LogP contribution < -0.4 is 31.3 Å². The summed E-state index contributed by atoms with van der Waals surface area (Å²) in [5, 5.41) is 20.0. The molecule has 7 atom stereocenters. The lowest BCUT2D eigenvalue weighted by Crippen LogP contribution is -2.57. The van der Waals surface area contributed by atoms with Gasteiger partial charge in [0.05, 0.1) is 39.6 Å². The van der Waals surface area contributed by atoms with Gasteiger partial charge in [-0.3, -0.25) is 47.8 Å². The molecule has 0 unspecified atom stereocenters. The second-order valence-corrected chi connectivity index (χ2v) is 26.5. The number of primary amides is 1. The first-order chi connectivity index (χ1) is 41.3. The van der Waals surface area contributed by atoms with E-state index in [0.717, 1.165) is 44.8 Å². The van der Waals surface area contributed by atoms with E-state index in [2.05, 4.69) is 25.9 Å². The van der Waals surface area contributed by atoms with Gasteiger partial charge in [-0.1, -0.05) is 81.8 Å². The van der Waals surface area contributed by atoms with Crippen molar-refractivity contribution in [3.05, 3.63) is 136 Å². The maximum atomic E-state index is 14.7. The van der Waals surface area contributed by atoms with Crippen LogP contribution in [0.4, 0.5) is 5.69 Å². The first-order valence-electron chi connectivity index (χ1n) is 29.4. The van der Waals surface area contributed by atoms with E-state index in [0.29, 0.717) is 54.4 Å². The van der Waals surface area contributed by atoms with Crippen molar-refractivity contribution in [1.29, 1.82) is 0 Å². The molecule has 460 valence electrons. The van der Waals surface area contributed by atoms with Gasteiger partial charge in [0.1, 0.15) is 30.0 Å². The molecule has 5 heterocycles. The van der Waals surface area contributed by atoms with Crippen LogP contribution in [0.15, 0.2) is 96.5 Å². The summed E-state index contributed by atoms with van der Waals surface area (Å²) in [6.45, 7) is 9.48. The number of ether oxygens (including phenoxy) is 1. The van der Waals surface area contributed by atoms with Crippen LogP contribution in [0.25, 0.3) is 21.3 Å². The Bertz CT molecular complexity index is 3650. The fraction of sp³-hybridized carbons (Fsp3) is 0.422. The second-order valence-electron chi connectivity index (χ2n) is 24.1. The maximum Gasteiger partial charge on any atom is 0.396 e. The van der Waals surface area contributed by atoms with Gasteiger partial charge in [-0.05, 0) is 122 Å². The molecule has 87 heavy (non-hydrogen) atoms. The number of para-hydroxylation sites is 1. The van der Waals surface area contributed by atoms with Crippen LogP contribution in [0.5, 0.6) is 5.75 Å². The van der Waals surface area contributed by atoms with Crippen LogP contribution in [0.3, 0.4) is 0 Å². The highest BCUT2D eigenvalue weighted by molar-refractivity contribution is 7.70. The van der Waals surface area contributed by atoms with Gasteiger partial charge in [-0.15, -0.1) is 11.3 Å². The molecule has 23 heteroatoms. The predicted octanol–water partition coefficient (Wildman–Crippen LogP) is 7.14. The lowest BCUT2D eigenvalue weighted by Gasteiger charge is -2.35. The van der Waals surface area contributed by atoms with Crippen molar-refractivity contribution in [1.82, 2.24) is 30.8 Å². The number of amides is 6. The number of hydrogen-bond donors (Lipinski definition) is 8. The first-order valence-corrected chi connectivity index (χ1v) is 31.9. The van der Waals surface area contributed by atoms with Crippen LogP contribution in [0.2, 0.25) is 0 Å². The van der Waals surface area contributed by atoms with Gasteiger partial charge < -0.3 is 51.2 Å². The minimum Gasteiger partial charge on any atom is -0.489 e. The minimum absolute atomic E-state index is 0.0323. The van der Waals surface area contributed by atoms with Crippen LogP contribution in [0, 0.1) is 18.3 Å². The highest BCUT2D eigenvalue weighted by Gasteiger charge is 2.46. The van der Waals surface area contributed by atoms with Crippen molar-refractivity contribution in [2.24, 2.45) is 17.1 Å². The van der Waals surface area contributed by atoms with Crippen molar-refractivity contribution >= 4 is 82.3 Å². The number of nitrogens with one attached hydrogen (secondary N) is 4. The number of carbonyl (C=O) groups excluding carboxylic acids is 8. The largest absolute Gasteiger partial charge is 0.489 e. The number of thiazole rings is 1. The molecule has 3 aliphatic heterocycles. The van der Waals surface area contributed by atoms with Crippen molar-refractivity contribution in [3.63, 3.8) is 0 Å². The first kappa shape index (κ1) is 63.6. The number of fused-ring (bicyclic) bond motifs is 1. The molecular weight excluding hydrogens is 1150 g/mol. The Labute approximate surface area is 508 Å². The molecule has 0 spiro atoms. The zero-order chi connectivity index (χ0) is 62.5. The molecule has 9 rings (SSSR count). The third kappa shape index (κ3) is 15.3. The number of aliphatic hydroxyl groups excluding tert-OH is 1. The Morgan fingerprint density at radius 3 is 2.34 bits per heavy atom. The molecule has 0 saturated carbocycles. The van der Waals surface area contributed by atoms with E-state index in [1.165, 1.54) is 34.1 Å². The number of carbonyl (C=O) groups is 8. The smallest absolute Gasteiger partial charge is 0.396 e. The molecule has 1 saturated heterocycles. The molecule has 2 aromatic heterocycles. The highest BCUT2D eigenvalue weighted by Crippen LogP contribution is 2.42. The van der Waals surface area contributed by atoms with Crippen molar-refractivity contribution in [2.75, 3.05) is 11.4 Å². The van der Waals surface area contributed by atoms with E-state index in [4.69, 9.17) is 10.5 Å². The van der Waals surface area contributed by atoms with E-state index < -0.39 is 90.2 Å². The number of unbranched alkanes of at least 4 members (excludes halogenated alkanes) is 2. The fourth-order valence-corrected chi connectivity index (χ4v) is 13.2. The molecule has 1 fully saturated rings. The van der Waals surface area contributed by atoms with Crippen LogP contribution >= 0.6 is 18.9 Å². The van der Waals surface area contributed by atoms with Crippen molar-refractivity contribution in [3.8, 4) is 16.2 Å². The number of aromatic amines is 1. The number of nitrogens with zero attached hydrogens (tertiary/aromatic N) is 3. The number of likely N-dealkylation sites (tertiary alicyclic amines) is 1. The van der Waals surface area contributed by atoms with Crippen LogP contribution in [0.1, 0.15) is 134 Å². The average Bonchev–Trinajstić information content (AvgIpc) is 1.76. The number of aromatic nitrogens is 2. The summed E-state index contributed by atoms with van der Waals surface area (Å²) >= 11 is 1.56.